The van der Waals surface area contributed by atoms with E-state index < -0.39 is 0 Å². The van der Waals surface area contributed by atoms with Gasteiger partial charge in [-0.1, -0.05) is 15.9 Å². The van der Waals surface area contributed by atoms with Crippen molar-refractivity contribution in [2.75, 3.05) is 10.6 Å². The van der Waals surface area contributed by atoms with Gasteiger partial charge >= 0.3 is 0 Å². The highest BCUT2D eigenvalue weighted by atomic mass is 79.9. The second-order valence-electron chi connectivity index (χ2n) is 2.31. The van der Waals surface area contributed by atoms with E-state index in [1.165, 1.54) is 0 Å². The molecule has 11 heavy (non-hydrogen) atoms. The van der Waals surface area contributed by atoms with Crippen molar-refractivity contribution in [1.82, 2.24) is 0 Å². The third-order valence-corrected chi connectivity index (χ3v) is 2.04. The Morgan fingerprint density at radius 3 is 2.55 bits per heavy atom. The molecule has 56 valence electrons. The van der Waals surface area contributed by atoms with E-state index in [1.54, 1.807) is 0 Å². The summed E-state index contributed by atoms with van der Waals surface area (Å²) in [6.45, 7) is 0. The van der Waals surface area contributed by atoms with Gasteiger partial charge in [-0.2, -0.15) is 0 Å². The first-order valence-electron chi connectivity index (χ1n) is 3.34. The molecule has 3 heteroatoms. The van der Waals surface area contributed by atoms with E-state index in [1.807, 2.05) is 30.6 Å². The molecule has 0 saturated heterocycles. The Morgan fingerprint density at radius 1 is 1.00 bits per heavy atom. The largest absolute Gasteiger partial charge is 0.359 e. The van der Waals surface area contributed by atoms with E-state index in [2.05, 4.69) is 26.6 Å². The maximum Gasteiger partial charge on any atom is 0.0630 e. The zero-order chi connectivity index (χ0) is 7.68. The normalized spacial score (nSPS) is 13.2. The molecule has 0 aromatic heterocycles. The van der Waals surface area contributed by atoms with E-state index >= 15 is 0 Å². The smallest absolute Gasteiger partial charge is 0.0630 e. The Bertz CT molecular complexity index is 307. The monoisotopic (exact) mass is 210 g/mol. The van der Waals surface area contributed by atoms with E-state index in [4.69, 9.17) is 0 Å². The summed E-state index contributed by atoms with van der Waals surface area (Å²) in [5.74, 6) is 0. The van der Waals surface area contributed by atoms with Gasteiger partial charge < -0.3 is 10.6 Å². The Balaban J connectivity index is 2.48. The Hall–Kier alpha value is -0.960. The SMILES string of the molecule is Brc1ccc2c(c1)NC=CN2. The summed E-state index contributed by atoms with van der Waals surface area (Å²) in [5, 5.41) is 6.26. The summed E-state index contributed by atoms with van der Waals surface area (Å²) in [7, 11) is 0. The molecule has 2 N–H and O–H groups in total. The number of hydrogen-bond donors (Lipinski definition) is 2. The van der Waals surface area contributed by atoms with Gasteiger partial charge in [-0.05, 0) is 18.2 Å². The average molecular weight is 211 g/mol. The van der Waals surface area contributed by atoms with Gasteiger partial charge in [0.05, 0.1) is 11.4 Å². The fourth-order valence-corrected chi connectivity index (χ4v) is 1.39. The lowest BCUT2D eigenvalue weighted by molar-refractivity contribution is 1.45. The van der Waals surface area contributed by atoms with Crippen LogP contribution in [-0.4, -0.2) is 0 Å². The molecule has 1 aliphatic heterocycles. The van der Waals surface area contributed by atoms with Crippen LogP contribution in [0.5, 0.6) is 0 Å². The summed E-state index contributed by atoms with van der Waals surface area (Å²) in [4.78, 5) is 0. The van der Waals surface area contributed by atoms with Crippen LogP contribution in [0, 0.1) is 0 Å². The zero-order valence-corrected chi connectivity index (χ0v) is 7.35. The third kappa shape index (κ3) is 1.24. The molecule has 0 saturated carbocycles. The predicted octanol–water partition coefficient (Wildman–Crippen LogP) is 2.76. The van der Waals surface area contributed by atoms with Crippen molar-refractivity contribution in [2.24, 2.45) is 0 Å². The molecular formula is C8H7BrN2. The van der Waals surface area contributed by atoms with Gasteiger partial charge in [0.15, 0.2) is 0 Å². The molecule has 0 atom stereocenters. The molecule has 0 spiro atoms. The highest BCUT2D eigenvalue weighted by molar-refractivity contribution is 9.10. The van der Waals surface area contributed by atoms with E-state index in [-0.39, 0.29) is 0 Å². The van der Waals surface area contributed by atoms with Crippen molar-refractivity contribution in [2.45, 2.75) is 0 Å². The molecular weight excluding hydrogens is 204 g/mol. The number of anilines is 2. The second kappa shape index (κ2) is 2.58. The molecule has 0 bridgehead atoms. The standard InChI is InChI=1S/C8H7BrN2/c9-6-1-2-7-8(5-6)11-4-3-10-7/h1-5,10-11H. The first-order valence-corrected chi connectivity index (χ1v) is 4.13. The van der Waals surface area contributed by atoms with Crippen LogP contribution >= 0.6 is 15.9 Å². The minimum Gasteiger partial charge on any atom is -0.359 e. The topological polar surface area (TPSA) is 24.1 Å². The Morgan fingerprint density at radius 2 is 1.73 bits per heavy atom. The number of rotatable bonds is 0. The van der Waals surface area contributed by atoms with E-state index in [0.29, 0.717) is 0 Å². The number of nitrogens with one attached hydrogen (secondary N) is 2. The summed E-state index contributed by atoms with van der Waals surface area (Å²) in [6, 6.07) is 6.06. The fourth-order valence-electron chi connectivity index (χ4n) is 1.02. The molecule has 0 fully saturated rings. The summed E-state index contributed by atoms with van der Waals surface area (Å²) >= 11 is 3.40. The van der Waals surface area contributed by atoms with Crippen molar-refractivity contribution >= 4 is 27.3 Å². The number of halogens is 1. The summed E-state index contributed by atoms with van der Waals surface area (Å²) in [6.07, 6.45) is 3.74. The molecule has 0 amide bonds. The first kappa shape index (κ1) is 6.73. The predicted molar refractivity (Wildman–Crippen MR) is 50.5 cm³/mol. The van der Waals surface area contributed by atoms with Gasteiger partial charge in [0.25, 0.3) is 0 Å². The second-order valence-corrected chi connectivity index (χ2v) is 3.23. The van der Waals surface area contributed by atoms with Gasteiger partial charge in [0, 0.05) is 16.9 Å². The van der Waals surface area contributed by atoms with Crippen molar-refractivity contribution in [3.05, 3.63) is 35.1 Å². The lowest BCUT2D eigenvalue weighted by atomic mass is 10.2. The lowest BCUT2D eigenvalue weighted by Gasteiger charge is -2.13. The quantitative estimate of drug-likeness (QED) is 0.689. The molecule has 0 radical (unpaired) electrons. The van der Waals surface area contributed by atoms with Crippen LogP contribution in [0.2, 0.25) is 0 Å². The molecule has 0 unspecified atom stereocenters. The molecule has 1 aromatic rings. The van der Waals surface area contributed by atoms with Crippen molar-refractivity contribution in [3.63, 3.8) is 0 Å². The van der Waals surface area contributed by atoms with Crippen LogP contribution in [0.3, 0.4) is 0 Å². The van der Waals surface area contributed by atoms with Gasteiger partial charge in [-0.3, -0.25) is 0 Å². The third-order valence-electron chi connectivity index (χ3n) is 1.54. The van der Waals surface area contributed by atoms with Crippen LogP contribution in [-0.2, 0) is 0 Å². The maximum atomic E-state index is 3.40. The molecule has 2 rings (SSSR count). The number of fused-ring (bicyclic) bond motifs is 1. The van der Waals surface area contributed by atoms with Crippen LogP contribution in [0.25, 0.3) is 0 Å². The van der Waals surface area contributed by atoms with Crippen LogP contribution < -0.4 is 10.6 Å². The van der Waals surface area contributed by atoms with Crippen molar-refractivity contribution in [1.29, 1.82) is 0 Å². The molecule has 1 heterocycles. The minimum absolute atomic E-state index is 1.08. The van der Waals surface area contributed by atoms with Gasteiger partial charge in [0.2, 0.25) is 0 Å². The Labute approximate surface area is 73.4 Å². The van der Waals surface area contributed by atoms with Crippen molar-refractivity contribution < 1.29 is 0 Å². The van der Waals surface area contributed by atoms with E-state index in [9.17, 15) is 0 Å². The Kier molecular flexibility index (Phi) is 1.58. The van der Waals surface area contributed by atoms with Crippen LogP contribution in [0.1, 0.15) is 0 Å². The average Bonchev–Trinajstić information content (AvgIpc) is 2.04. The van der Waals surface area contributed by atoms with Gasteiger partial charge in [-0.25, -0.2) is 0 Å². The molecule has 0 aliphatic carbocycles. The highest BCUT2D eigenvalue weighted by Gasteiger charge is 2.02. The molecule has 1 aliphatic rings. The molecule has 1 aromatic carbocycles. The number of hydrogen-bond acceptors (Lipinski definition) is 2. The van der Waals surface area contributed by atoms with Crippen molar-refractivity contribution in [3.8, 4) is 0 Å². The fraction of sp³-hybridized carbons (Fsp3) is 0. The van der Waals surface area contributed by atoms with Crippen LogP contribution in [0.4, 0.5) is 11.4 Å². The lowest BCUT2D eigenvalue weighted by Crippen LogP contribution is -2.01. The summed E-state index contributed by atoms with van der Waals surface area (Å²) < 4.78 is 1.08. The number of benzene rings is 1. The van der Waals surface area contributed by atoms with Gasteiger partial charge in [0.1, 0.15) is 0 Å². The minimum atomic E-state index is 1.08. The van der Waals surface area contributed by atoms with E-state index in [0.717, 1.165) is 15.8 Å². The molecule has 2 nitrogen and oxygen atoms in total. The van der Waals surface area contributed by atoms with Gasteiger partial charge in [-0.15, -0.1) is 0 Å². The summed E-state index contributed by atoms with van der Waals surface area (Å²) in [5.41, 5.74) is 2.21. The van der Waals surface area contributed by atoms with Crippen LogP contribution in [0.15, 0.2) is 35.1 Å². The first-order chi connectivity index (χ1) is 5.36. The zero-order valence-electron chi connectivity index (χ0n) is 5.76. The highest BCUT2D eigenvalue weighted by Crippen LogP contribution is 2.27. The maximum absolute atomic E-state index is 3.40.